The van der Waals surface area contributed by atoms with Crippen molar-refractivity contribution < 1.29 is 4.21 Å². The van der Waals surface area contributed by atoms with Crippen LogP contribution < -0.4 is 5.32 Å². The number of hydrogen-bond acceptors (Lipinski definition) is 2. The van der Waals surface area contributed by atoms with Crippen molar-refractivity contribution in [1.29, 1.82) is 0 Å². The fourth-order valence-corrected chi connectivity index (χ4v) is 3.00. The second-order valence-corrected chi connectivity index (χ2v) is 5.36. The van der Waals surface area contributed by atoms with E-state index in [9.17, 15) is 4.21 Å². The molecule has 0 amide bonds. The Morgan fingerprint density at radius 1 is 1.58 bits per heavy atom. The molecular weight excluding hydrogens is 170 g/mol. The van der Waals surface area contributed by atoms with Crippen LogP contribution in [0.15, 0.2) is 0 Å². The van der Waals surface area contributed by atoms with Gasteiger partial charge < -0.3 is 5.32 Å². The van der Waals surface area contributed by atoms with E-state index in [-0.39, 0.29) is 0 Å². The van der Waals surface area contributed by atoms with Crippen molar-refractivity contribution in [2.45, 2.75) is 20.3 Å². The van der Waals surface area contributed by atoms with Crippen LogP contribution in [0, 0.1) is 11.8 Å². The molecule has 1 aliphatic heterocycles. The van der Waals surface area contributed by atoms with Crippen LogP contribution in [-0.2, 0) is 10.8 Å². The van der Waals surface area contributed by atoms with Crippen molar-refractivity contribution in [1.82, 2.24) is 5.32 Å². The summed E-state index contributed by atoms with van der Waals surface area (Å²) in [5, 5.41) is 3.20. The largest absolute Gasteiger partial charge is 0.316 e. The van der Waals surface area contributed by atoms with Crippen molar-refractivity contribution in [2.24, 2.45) is 11.8 Å². The third-order valence-corrected chi connectivity index (χ3v) is 4.24. The summed E-state index contributed by atoms with van der Waals surface area (Å²) in [4.78, 5) is 0. The lowest BCUT2D eigenvalue weighted by molar-refractivity contribution is 0.382. The Labute approximate surface area is 77.6 Å². The summed E-state index contributed by atoms with van der Waals surface area (Å²) in [6.45, 7) is 6.49. The van der Waals surface area contributed by atoms with E-state index in [1.165, 1.54) is 0 Å². The van der Waals surface area contributed by atoms with Gasteiger partial charge in [-0.1, -0.05) is 20.3 Å². The Morgan fingerprint density at radius 2 is 2.25 bits per heavy atom. The summed E-state index contributed by atoms with van der Waals surface area (Å²) < 4.78 is 11.5. The van der Waals surface area contributed by atoms with Crippen molar-refractivity contribution in [3.05, 3.63) is 0 Å². The van der Waals surface area contributed by atoms with Crippen molar-refractivity contribution in [2.75, 3.05) is 24.6 Å². The first kappa shape index (κ1) is 10.2. The summed E-state index contributed by atoms with van der Waals surface area (Å²) in [5.74, 6) is 3.12. The quantitative estimate of drug-likeness (QED) is 0.699. The lowest BCUT2D eigenvalue weighted by atomic mass is 10.1. The van der Waals surface area contributed by atoms with Crippen LogP contribution in [-0.4, -0.2) is 28.8 Å². The number of hydrogen-bond donors (Lipinski definition) is 1. The minimum atomic E-state index is -0.569. The number of nitrogens with one attached hydrogen (secondary N) is 1. The summed E-state index contributed by atoms with van der Waals surface area (Å²) in [6, 6.07) is 0. The van der Waals surface area contributed by atoms with Gasteiger partial charge in [0.2, 0.25) is 0 Å². The Hall–Kier alpha value is 0.110. The molecule has 0 aromatic heterocycles. The molecule has 1 heterocycles. The Balaban J connectivity index is 2.10. The molecule has 0 radical (unpaired) electrons. The van der Waals surface area contributed by atoms with Gasteiger partial charge in [-0.2, -0.15) is 0 Å². The maximum Gasteiger partial charge on any atom is 0.0287 e. The highest BCUT2D eigenvalue weighted by atomic mass is 32.2. The maximum atomic E-state index is 11.5. The van der Waals surface area contributed by atoms with Crippen LogP contribution in [0.4, 0.5) is 0 Å². The maximum absolute atomic E-state index is 11.5. The van der Waals surface area contributed by atoms with E-state index in [4.69, 9.17) is 0 Å². The molecule has 1 saturated heterocycles. The van der Waals surface area contributed by atoms with E-state index in [1.54, 1.807) is 0 Å². The number of rotatable bonds is 5. The summed E-state index contributed by atoms with van der Waals surface area (Å²) in [7, 11) is -0.569. The second-order valence-electron chi connectivity index (χ2n) is 3.81. The highest BCUT2D eigenvalue weighted by Gasteiger charge is 2.19. The monoisotopic (exact) mass is 189 g/mol. The molecule has 0 bridgehead atoms. The minimum Gasteiger partial charge on any atom is -0.316 e. The van der Waals surface area contributed by atoms with Gasteiger partial charge in [0, 0.05) is 35.4 Å². The zero-order valence-electron chi connectivity index (χ0n) is 8.01. The van der Waals surface area contributed by atoms with Crippen LogP contribution >= 0.6 is 0 Å². The molecule has 1 fully saturated rings. The van der Waals surface area contributed by atoms with Crippen LogP contribution in [0.5, 0.6) is 0 Å². The topological polar surface area (TPSA) is 29.1 Å². The van der Waals surface area contributed by atoms with Crippen LogP contribution in [0.3, 0.4) is 0 Å². The SMILES string of the molecule is CCC(C)CS(=O)CC1CNC1. The van der Waals surface area contributed by atoms with Crippen molar-refractivity contribution in [3.8, 4) is 0 Å². The first-order valence-corrected chi connectivity index (χ1v) is 6.26. The van der Waals surface area contributed by atoms with Gasteiger partial charge in [0.15, 0.2) is 0 Å². The van der Waals surface area contributed by atoms with E-state index < -0.39 is 10.8 Å². The third-order valence-electron chi connectivity index (χ3n) is 2.45. The standard InChI is InChI=1S/C9H19NOS/c1-3-8(2)6-12(11)7-9-4-10-5-9/h8-10H,3-7H2,1-2H3. The molecule has 2 atom stereocenters. The molecule has 0 saturated carbocycles. The average Bonchev–Trinajstić information content (AvgIpc) is 1.97. The van der Waals surface area contributed by atoms with Gasteiger partial charge in [-0.05, 0) is 11.8 Å². The highest BCUT2D eigenvalue weighted by molar-refractivity contribution is 7.85. The van der Waals surface area contributed by atoms with Gasteiger partial charge in [-0.3, -0.25) is 4.21 Å². The fourth-order valence-electron chi connectivity index (χ4n) is 1.23. The van der Waals surface area contributed by atoms with Crippen LogP contribution in [0.25, 0.3) is 0 Å². The van der Waals surface area contributed by atoms with E-state index in [2.05, 4.69) is 19.2 Å². The van der Waals surface area contributed by atoms with E-state index in [0.29, 0.717) is 11.8 Å². The van der Waals surface area contributed by atoms with Crippen molar-refractivity contribution >= 4 is 10.8 Å². The molecule has 1 N–H and O–H groups in total. The molecule has 0 aliphatic carbocycles. The van der Waals surface area contributed by atoms with Crippen LogP contribution in [0.1, 0.15) is 20.3 Å². The molecule has 2 unspecified atom stereocenters. The Morgan fingerprint density at radius 3 is 2.67 bits per heavy atom. The van der Waals surface area contributed by atoms with E-state index in [1.807, 2.05) is 0 Å². The Bertz CT molecular complexity index is 148. The zero-order chi connectivity index (χ0) is 8.97. The van der Waals surface area contributed by atoms with Gasteiger partial charge in [0.25, 0.3) is 0 Å². The fraction of sp³-hybridized carbons (Fsp3) is 1.00. The van der Waals surface area contributed by atoms with E-state index in [0.717, 1.165) is 31.0 Å². The van der Waals surface area contributed by atoms with Gasteiger partial charge in [-0.25, -0.2) is 0 Å². The molecule has 72 valence electrons. The predicted molar refractivity (Wildman–Crippen MR) is 53.7 cm³/mol. The molecule has 0 aromatic carbocycles. The van der Waals surface area contributed by atoms with Gasteiger partial charge in [-0.15, -0.1) is 0 Å². The smallest absolute Gasteiger partial charge is 0.0287 e. The molecule has 2 nitrogen and oxygen atoms in total. The average molecular weight is 189 g/mol. The third kappa shape index (κ3) is 3.23. The minimum absolute atomic E-state index is 0.569. The van der Waals surface area contributed by atoms with E-state index >= 15 is 0 Å². The molecular formula is C9H19NOS. The molecule has 0 aromatic rings. The summed E-state index contributed by atoms with van der Waals surface area (Å²) >= 11 is 0. The zero-order valence-corrected chi connectivity index (χ0v) is 8.82. The van der Waals surface area contributed by atoms with Crippen LogP contribution in [0.2, 0.25) is 0 Å². The highest BCUT2D eigenvalue weighted by Crippen LogP contribution is 2.09. The first-order chi connectivity index (χ1) is 5.72. The normalized spacial score (nSPS) is 23.2. The molecule has 1 aliphatic rings. The molecule has 12 heavy (non-hydrogen) atoms. The van der Waals surface area contributed by atoms with Crippen molar-refractivity contribution in [3.63, 3.8) is 0 Å². The first-order valence-electron chi connectivity index (χ1n) is 4.78. The second kappa shape index (κ2) is 4.97. The summed E-state index contributed by atoms with van der Waals surface area (Å²) in [5.41, 5.74) is 0. The van der Waals surface area contributed by atoms with Gasteiger partial charge >= 0.3 is 0 Å². The Kier molecular flexibility index (Phi) is 4.22. The summed E-state index contributed by atoms with van der Waals surface area (Å²) in [6.07, 6.45) is 1.15. The van der Waals surface area contributed by atoms with Gasteiger partial charge in [0.1, 0.15) is 0 Å². The lowest BCUT2D eigenvalue weighted by Crippen LogP contribution is -2.45. The predicted octanol–water partition coefficient (Wildman–Crippen LogP) is 1.00. The molecule has 1 rings (SSSR count). The molecule has 0 spiro atoms. The molecule has 3 heteroatoms. The van der Waals surface area contributed by atoms with Gasteiger partial charge in [0.05, 0.1) is 0 Å². The lowest BCUT2D eigenvalue weighted by Gasteiger charge is -2.26.